The van der Waals surface area contributed by atoms with Crippen molar-refractivity contribution in [3.8, 4) is 0 Å². The van der Waals surface area contributed by atoms with Crippen molar-refractivity contribution in [3.63, 3.8) is 0 Å². The van der Waals surface area contributed by atoms with Crippen LogP contribution in [-0.4, -0.2) is 27.2 Å². The summed E-state index contributed by atoms with van der Waals surface area (Å²) in [5.74, 6) is 0. The fraction of sp³-hybridized carbons (Fsp3) is 1.00. The van der Waals surface area contributed by atoms with E-state index in [1.165, 1.54) is 12.8 Å². The second-order valence-corrected chi connectivity index (χ2v) is 2.16. The average molecular weight is 176 g/mol. The second-order valence-electron chi connectivity index (χ2n) is 2.16. The molecule has 0 fully saturated rings. The first-order valence-electron chi connectivity index (χ1n) is 5.12. The first kappa shape index (κ1) is 17.9. The quantitative estimate of drug-likeness (QED) is 0.642. The number of rotatable bonds is 4. The maximum absolute atomic E-state index is 3.07. The Hall–Kier alpha value is -0.0800. The number of hydrogen-bond acceptors (Lipinski definition) is 2. The molecule has 0 saturated carbocycles. The molecule has 0 atom stereocenters. The lowest BCUT2D eigenvalue weighted by Gasteiger charge is -1.89. The van der Waals surface area contributed by atoms with Crippen LogP contribution in [0.3, 0.4) is 0 Å². The van der Waals surface area contributed by atoms with Gasteiger partial charge in [0.15, 0.2) is 0 Å². The summed E-state index contributed by atoms with van der Waals surface area (Å²) in [4.78, 5) is 0. The SMILES string of the molecule is CC.CCCCNC.CCNC. The maximum Gasteiger partial charge on any atom is -0.00520 e. The molecule has 0 saturated heterocycles. The van der Waals surface area contributed by atoms with Gasteiger partial charge in [-0.05, 0) is 33.6 Å². The summed E-state index contributed by atoms with van der Waals surface area (Å²) in [6, 6.07) is 0. The highest BCUT2D eigenvalue weighted by Gasteiger charge is 1.73. The van der Waals surface area contributed by atoms with Crippen LogP contribution >= 0.6 is 0 Å². The van der Waals surface area contributed by atoms with Crippen LogP contribution in [0.5, 0.6) is 0 Å². The second kappa shape index (κ2) is 30.7. The predicted octanol–water partition coefficient (Wildman–Crippen LogP) is 2.26. The van der Waals surface area contributed by atoms with E-state index < -0.39 is 0 Å². The van der Waals surface area contributed by atoms with Crippen molar-refractivity contribution in [1.29, 1.82) is 0 Å². The summed E-state index contributed by atoms with van der Waals surface area (Å²) >= 11 is 0. The van der Waals surface area contributed by atoms with Crippen LogP contribution < -0.4 is 10.6 Å². The molecule has 0 aromatic rings. The van der Waals surface area contributed by atoms with E-state index in [1.54, 1.807) is 0 Å². The van der Waals surface area contributed by atoms with E-state index in [1.807, 2.05) is 27.9 Å². The summed E-state index contributed by atoms with van der Waals surface area (Å²) in [6.45, 7) is 10.5. The van der Waals surface area contributed by atoms with Crippen LogP contribution in [0.4, 0.5) is 0 Å². The van der Waals surface area contributed by atoms with Crippen LogP contribution in [0.15, 0.2) is 0 Å². The van der Waals surface area contributed by atoms with E-state index in [0.29, 0.717) is 0 Å². The third-order valence-corrected chi connectivity index (χ3v) is 1.13. The van der Waals surface area contributed by atoms with Crippen molar-refractivity contribution in [2.75, 3.05) is 27.2 Å². The van der Waals surface area contributed by atoms with Crippen molar-refractivity contribution < 1.29 is 0 Å². The van der Waals surface area contributed by atoms with Gasteiger partial charge in [-0.2, -0.15) is 0 Å². The molecule has 2 heteroatoms. The Balaban J connectivity index is -0.000000118. The minimum absolute atomic E-state index is 1.07. The Bertz CT molecular complexity index is 32.8. The third kappa shape index (κ3) is 51.4. The van der Waals surface area contributed by atoms with Crippen LogP contribution in [0.2, 0.25) is 0 Å². The largest absolute Gasteiger partial charge is 0.320 e. The highest BCUT2D eigenvalue weighted by atomic mass is 14.8. The summed E-state index contributed by atoms with van der Waals surface area (Å²) in [5.41, 5.74) is 0. The summed E-state index contributed by atoms with van der Waals surface area (Å²) in [5, 5.41) is 6.00. The monoisotopic (exact) mass is 176 g/mol. The van der Waals surface area contributed by atoms with Crippen molar-refractivity contribution in [3.05, 3.63) is 0 Å². The van der Waals surface area contributed by atoms with Gasteiger partial charge in [0, 0.05) is 0 Å². The zero-order chi connectivity index (χ0) is 10.2. The zero-order valence-corrected chi connectivity index (χ0v) is 9.83. The summed E-state index contributed by atoms with van der Waals surface area (Å²) < 4.78 is 0. The molecule has 0 aliphatic heterocycles. The van der Waals surface area contributed by atoms with Crippen LogP contribution in [0.1, 0.15) is 40.5 Å². The molecule has 0 aliphatic rings. The van der Waals surface area contributed by atoms with E-state index in [9.17, 15) is 0 Å². The van der Waals surface area contributed by atoms with Gasteiger partial charge in [0.25, 0.3) is 0 Å². The molecule has 12 heavy (non-hydrogen) atoms. The first-order valence-corrected chi connectivity index (χ1v) is 5.12. The lowest BCUT2D eigenvalue weighted by molar-refractivity contribution is 0.711. The molecule has 0 amide bonds. The molecular weight excluding hydrogens is 148 g/mol. The van der Waals surface area contributed by atoms with E-state index in [-0.39, 0.29) is 0 Å². The topological polar surface area (TPSA) is 24.1 Å². The minimum Gasteiger partial charge on any atom is -0.320 e. The lowest BCUT2D eigenvalue weighted by atomic mass is 10.3. The zero-order valence-electron chi connectivity index (χ0n) is 9.83. The molecule has 0 bridgehead atoms. The maximum atomic E-state index is 3.07. The summed E-state index contributed by atoms with van der Waals surface area (Å²) in [6.07, 6.45) is 2.59. The van der Waals surface area contributed by atoms with Crippen molar-refractivity contribution in [2.45, 2.75) is 40.5 Å². The molecular formula is C10H28N2. The van der Waals surface area contributed by atoms with Gasteiger partial charge in [0.2, 0.25) is 0 Å². The predicted molar refractivity (Wildman–Crippen MR) is 59.8 cm³/mol. The molecule has 0 aromatic heterocycles. The highest BCUT2D eigenvalue weighted by molar-refractivity contribution is 4.34. The number of nitrogens with one attached hydrogen (secondary N) is 2. The first-order chi connectivity index (χ1) is 5.83. The molecule has 0 heterocycles. The van der Waals surface area contributed by atoms with Gasteiger partial charge in [-0.25, -0.2) is 0 Å². The lowest BCUT2D eigenvalue weighted by Crippen LogP contribution is -2.06. The van der Waals surface area contributed by atoms with Crippen LogP contribution in [0.25, 0.3) is 0 Å². The molecule has 78 valence electrons. The van der Waals surface area contributed by atoms with Crippen molar-refractivity contribution in [1.82, 2.24) is 10.6 Å². The molecule has 0 spiro atoms. The van der Waals surface area contributed by atoms with Gasteiger partial charge in [0.05, 0.1) is 0 Å². The fourth-order valence-corrected chi connectivity index (χ4v) is 0.354. The van der Waals surface area contributed by atoms with Gasteiger partial charge < -0.3 is 10.6 Å². The number of unbranched alkanes of at least 4 members (excludes halogenated alkanes) is 1. The van der Waals surface area contributed by atoms with Crippen molar-refractivity contribution >= 4 is 0 Å². The van der Waals surface area contributed by atoms with Crippen LogP contribution in [-0.2, 0) is 0 Å². The Morgan fingerprint density at radius 1 is 0.917 bits per heavy atom. The molecule has 0 rings (SSSR count). The molecule has 0 aromatic carbocycles. The Morgan fingerprint density at radius 3 is 1.42 bits per heavy atom. The van der Waals surface area contributed by atoms with Gasteiger partial charge in [-0.15, -0.1) is 0 Å². The fourth-order valence-electron chi connectivity index (χ4n) is 0.354. The van der Waals surface area contributed by atoms with E-state index in [2.05, 4.69) is 24.5 Å². The van der Waals surface area contributed by atoms with Gasteiger partial charge >= 0.3 is 0 Å². The number of hydrogen-bond donors (Lipinski definition) is 2. The van der Waals surface area contributed by atoms with Gasteiger partial charge in [0.1, 0.15) is 0 Å². The Labute approximate surface area is 79.1 Å². The van der Waals surface area contributed by atoms with Gasteiger partial charge in [-0.3, -0.25) is 0 Å². The van der Waals surface area contributed by atoms with E-state index >= 15 is 0 Å². The molecule has 0 aliphatic carbocycles. The van der Waals surface area contributed by atoms with Crippen LogP contribution in [0, 0.1) is 0 Å². The van der Waals surface area contributed by atoms with E-state index in [4.69, 9.17) is 0 Å². The molecule has 2 N–H and O–H groups in total. The Morgan fingerprint density at radius 2 is 1.33 bits per heavy atom. The third-order valence-electron chi connectivity index (χ3n) is 1.13. The van der Waals surface area contributed by atoms with Crippen molar-refractivity contribution in [2.24, 2.45) is 0 Å². The van der Waals surface area contributed by atoms with Gasteiger partial charge in [-0.1, -0.05) is 34.1 Å². The Kier molecular flexibility index (Phi) is 45.6. The standard InChI is InChI=1S/C5H13N.C3H9N.C2H6/c1-3-4-5-6-2;1-3-4-2;1-2/h6H,3-5H2,1-2H3;4H,3H2,1-2H3;1-2H3. The summed E-state index contributed by atoms with van der Waals surface area (Å²) in [7, 11) is 3.91. The highest BCUT2D eigenvalue weighted by Crippen LogP contribution is 1.79. The smallest absolute Gasteiger partial charge is 0.00520 e. The normalized spacial score (nSPS) is 7.50. The molecule has 0 unspecified atom stereocenters. The van der Waals surface area contributed by atoms with E-state index in [0.717, 1.165) is 13.1 Å². The molecule has 0 radical (unpaired) electrons. The average Bonchev–Trinajstić information content (AvgIpc) is 2.18. The molecule has 2 nitrogen and oxygen atoms in total. The minimum atomic E-state index is 1.07.